The fourth-order valence-corrected chi connectivity index (χ4v) is 3.95. The predicted octanol–water partition coefficient (Wildman–Crippen LogP) is 2.53. The van der Waals surface area contributed by atoms with Crippen LogP contribution < -0.4 is 5.32 Å². The van der Waals surface area contributed by atoms with E-state index in [4.69, 9.17) is 9.26 Å². The number of hydrogen-bond donors (Lipinski definition) is 1. The molecule has 2 aromatic heterocycles. The Morgan fingerprint density at radius 2 is 2.20 bits per heavy atom. The summed E-state index contributed by atoms with van der Waals surface area (Å²) in [5, 5.41) is 10.9. The summed E-state index contributed by atoms with van der Waals surface area (Å²) in [6, 6.07) is 3.50. The number of ether oxygens (including phenoxy) is 1. The number of amides is 1. The summed E-state index contributed by atoms with van der Waals surface area (Å²) in [5.41, 5.74) is 0.380. The summed E-state index contributed by atoms with van der Waals surface area (Å²) in [7, 11) is 0. The zero-order valence-electron chi connectivity index (χ0n) is 14.3. The zero-order valence-corrected chi connectivity index (χ0v) is 14.3. The average molecular weight is 344 g/mol. The van der Waals surface area contributed by atoms with Gasteiger partial charge in [-0.15, -0.1) is 0 Å². The second-order valence-electron chi connectivity index (χ2n) is 7.11. The topological polar surface area (TPSA) is 82.2 Å². The van der Waals surface area contributed by atoms with E-state index in [2.05, 4.69) is 15.6 Å². The molecule has 2 fully saturated rings. The van der Waals surface area contributed by atoms with Crippen molar-refractivity contribution >= 4 is 5.91 Å². The normalized spacial score (nSPS) is 22.3. The van der Waals surface area contributed by atoms with E-state index in [0.717, 1.165) is 25.7 Å². The molecule has 1 atom stereocenters. The highest BCUT2D eigenvalue weighted by molar-refractivity contribution is 5.92. The van der Waals surface area contributed by atoms with E-state index in [1.54, 1.807) is 16.9 Å². The number of hydrogen-bond acceptors (Lipinski definition) is 5. The molecule has 0 aromatic carbocycles. The van der Waals surface area contributed by atoms with Gasteiger partial charge in [0.05, 0.1) is 11.7 Å². The standard InChI is InChI=1S/C18H24N4O3/c23-17(16-11-15(25-21-16)13-22-10-4-9-20-22)19-12-14-5-8-18(24-14)6-2-1-3-7-18/h4,9-11,14H,1-3,5-8,12-13H2,(H,19,23). The van der Waals surface area contributed by atoms with Crippen LogP contribution in [0.15, 0.2) is 29.0 Å². The van der Waals surface area contributed by atoms with Crippen molar-refractivity contribution in [2.75, 3.05) is 6.54 Å². The van der Waals surface area contributed by atoms with E-state index >= 15 is 0 Å². The molecule has 1 aliphatic carbocycles. The van der Waals surface area contributed by atoms with Crippen LogP contribution >= 0.6 is 0 Å². The molecule has 1 unspecified atom stereocenters. The first-order chi connectivity index (χ1) is 12.2. The Bertz CT molecular complexity index is 704. The Hall–Kier alpha value is -2.15. The molecule has 1 amide bonds. The van der Waals surface area contributed by atoms with Gasteiger partial charge in [-0.25, -0.2) is 0 Å². The van der Waals surface area contributed by atoms with Gasteiger partial charge in [-0.3, -0.25) is 9.48 Å². The molecule has 25 heavy (non-hydrogen) atoms. The van der Waals surface area contributed by atoms with Crippen molar-refractivity contribution in [1.82, 2.24) is 20.3 Å². The second-order valence-corrected chi connectivity index (χ2v) is 7.11. The Morgan fingerprint density at radius 3 is 3.00 bits per heavy atom. The first-order valence-electron chi connectivity index (χ1n) is 9.12. The van der Waals surface area contributed by atoms with Gasteiger partial charge < -0.3 is 14.6 Å². The van der Waals surface area contributed by atoms with Crippen molar-refractivity contribution in [2.24, 2.45) is 0 Å². The molecule has 1 saturated carbocycles. The largest absolute Gasteiger partial charge is 0.370 e. The molecule has 2 aromatic rings. The van der Waals surface area contributed by atoms with E-state index in [9.17, 15) is 4.79 Å². The molecule has 1 aliphatic heterocycles. The fourth-order valence-electron chi connectivity index (χ4n) is 3.95. The van der Waals surface area contributed by atoms with Crippen molar-refractivity contribution in [3.8, 4) is 0 Å². The summed E-state index contributed by atoms with van der Waals surface area (Å²) < 4.78 is 13.2. The van der Waals surface area contributed by atoms with E-state index in [0.29, 0.717) is 24.5 Å². The number of carbonyl (C=O) groups excluding carboxylic acids is 1. The lowest BCUT2D eigenvalue weighted by Gasteiger charge is -2.33. The van der Waals surface area contributed by atoms with Gasteiger partial charge >= 0.3 is 0 Å². The van der Waals surface area contributed by atoms with Gasteiger partial charge in [-0.1, -0.05) is 24.4 Å². The molecule has 1 saturated heterocycles. The van der Waals surface area contributed by atoms with Crippen LogP contribution in [0.2, 0.25) is 0 Å². The lowest BCUT2D eigenvalue weighted by atomic mass is 9.83. The summed E-state index contributed by atoms with van der Waals surface area (Å²) >= 11 is 0. The Labute approximate surface area is 146 Å². The Balaban J connectivity index is 1.27. The molecule has 0 radical (unpaired) electrons. The van der Waals surface area contributed by atoms with Gasteiger partial charge in [0.2, 0.25) is 0 Å². The molecule has 134 valence electrons. The number of rotatable bonds is 5. The highest BCUT2D eigenvalue weighted by Gasteiger charge is 2.40. The molecule has 1 N–H and O–H groups in total. The van der Waals surface area contributed by atoms with Crippen LogP contribution in [0.4, 0.5) is 0 Å². The lowest BCUT2D eigenvalue weighted by Crippen LogP contribution is -2.36. The van der Waals surface area contributed by atoms with Gasteiger partial charge in [-0.05, 0) is 31.7 Å². The number of nitrogens with one attached hydrogen (secondary N) is 1. The molecular formula is C18H24N4O3. The minimum Gasteiger partial charge on any atom is -0.370 e. The number of nitrogens with zero attached hydrogens (tertiary/aromatic N) is 3. The van der Waals surface area contributed by atoms with Crippen LogP contribution in [-0.2, 0) is 11.3 Å². The maximum atomic E-state index is 12.3. The first kappa shape index (κ1) is 16.3. The summed E-state index contributed by atoms with van der Waals surface area (Å²) in [6.07, 6.45) is 11.9. The van der Waals surface area contributed by atoms with Gasteiger partial charge in [0.15, 0.2) is 11.5 Å². The Morgan fingerprint density at radius 1 is 1.32 bits per heavy atom. The van der Waals surface area contributed by atoms with Gasteiger partial charge in [-0.2, -0.15) is 5.10 Å². The Kier molecular flexibility index (Phi) is 4.57. The summed E-state index contributed by atoms with van der Waals surface area (Å²) in [6.45, 7) is 0.990. The van der Waals surface area contributed by atoms with Gasteiger partial charge in [0, 0.05) is 25.0 Å². The van der Waals surface area contributed by atoms with Crippen molar-refractivity contribution in [1.29, 1.82) is 0 Å². The maximum absolute atomic E-state index is 12.3. The highest BCUT2D eigenvalue weighted by Crippen LogP contribution is 2.41. The van der Waals surface area contributed by atoms with E-state index < -0.39 is 0 Å². The van der Waals surface area contributed by atoms with Crippen LogP contribution in [0.1, 0.15) is 61.2 Å². The number of carbonyl (C=O) groups is 1. The minimum absolute atomic E-state index is 0.0818. The van der Waals surface area contributed by atoms with E-state index in [1.165, 1.54) is 19.3 Å². The molecule has 3 heterocycles. The molecule has 7 heteroatoms. The number of aromatic nitrogens is 3. The van der Waals surface area contributed by atoms with E-state index in [1.807, 2.05) is 12.3 Å². The van der Waals surface area contributed by atoms with Crippen LogP contribution in [0, 0.1) is 0 Å². The quantitative estimate of drug-likeness (QED) is 0.901. The zero-order chi connectivity index (χ0) is 17.1. The SMILES string of the molecule is O=C(NCC1CCC2(CCCCC2)O1)c1cc(Cn2cccn2)on1. The molecule has 7 nitrogen and oxygen atoms in total. The first-order valence-corrected chi connectivity index (χ1v) is 9.12. The summed E-state index contributed by atoms with van der Waals surface area (Å²) in [4.78, 5) is 12.3. The van der Waals surface area contributed by atoms with Crippen molar-refractivity contribution in [3.05, 3.63) is 36.0 Å². The minimum atomic E-state index is -0.219. The second kappa shape index (κ2) is 7.00. The van der Waals surface area contributed by atoms with Gasteiger partial charge in [0.25, 0.3) is 5.91 Å². The average Bonchev–Trinajstić information content (AvgIpc) is 3.36. The van der Waals surface area contributed by atoms with Crippen LogP contribution in [-0.4, -0.2) is 39.1 Å². The highest BCUT2D eigenvalue weighted by atomic mass is 16.5. The fraction of sp³-hybridized carbons (Fsp3) is 0.611. The van der Waals surface area contributed by atoms with Crippen LogP contribution in [0.5, 0.6) is 0 Å². The van der Waals surface area contributed by atoms with Crippen molar-refractivity contribution in [2.45, 2.75) is 63.2 Å². The van der Waals surface area contributed by atoms with Gasteiger partial charge in [0.1, 0.15) is 6.54 Å². The maximum Gasteiger partial charge on any atom is 0.273 e. The smallest absolute Gasteiger partial charge is 0.273 e. The van der Waals surface area contributed by atoms with Crippen molar-refractivity contribution in [3.63, 3.8) is 0 Å². The lowest BCUT2D eigenvalue weighted by molar-refractivity contribution is -0.0618. The molecule has 2 aliphatic rings. The molecule has 4 rings (SSSR count). The third-order valence-corrected chi connectivity index (χ3v) is 5.26. The molecule has 0 bridgehead atoms. The molecule has 1 spiro atoms. The molecular weight excluding hydrogens is 320 g/mol. The predicted molar refractivity (Wildman–Crippen MR) is 90.1 cm³/mol. The third-order valence-electron chi connectivity index (χ3n) is 5.26. The van der Waals surface area contributed by atoms with E-state index in [-0.39, 0.29) is 17.6 Å². The van der Waals surface area contributed by atoms with Crippen LogP contribution in [0.25, 0.3) is 0 Å². The van der Waals surface area contributed by atoms with Crippen LogP contribution in [0.3, 0.4) is 0 Å². The summed E-state index contributed by atoms with van der Waals surface area (Å²) in [5.74, 6) is 0.385. The third kappa shape index (κ3) is 3.76. The monoisotopic (exact) mass is 344 g/mol. The van der Waals surface area contributed by atoms with Crippen molar-refractivity contribution < 1.29 is 14.1 Å².